The molecule has 0 spiro atoms. The number of rotatable bonds is 4. The van der Waals surface area contributed by atoms with Gasteiger partial charge in [0.25, 0.3) is 0 Å². The Bertz CT molecular complexity index is 931. The van der Waals surface area contributed by atoms with E-state index in [2.05, 4.69) is 33.9 Å². The first-order chi connectivity index (χ1) is 13.5. The van der Waals surface area contributed by atoms with Crippen LogP contribution in [0.15, 0.2) is 12.1 Å². The number of aromatic nitrogens is 4. The van der Waals surface area contributed by atoms with Gasteiger partial charge >= 0.3 is 0 Å². The van der Waals surface area contributed by atoms with E-state index in [4.69, 9.17) is 21.6 Å². The van der Waals surface area contributed by atoms with Crippen LogP contribution in [0.5, 0.6) is 0 Å². The Morgan fingerprint density at radius 1 is 1.07 bits per heavy atom. The van der Waals surface area contributed by atoms with E-state index in [1.54, 1.807) is 0 Å². The summed E-state index contributed by atoms with van der Waals surface area (Å²) in [6, 6.07) is 1.83. The Kier molecular flexibility index (Phi) is 5.31. The van der Waals surface area contributed by atoms with Crippen molar-refractivity contribution in [3.05, 3.63) is 40.2 Å². The van der Waals surface area contributed by atoms with Gasteiger partial charge in [-0.2, -0.15) is 0 Å². The molecule has 1 aliphatic carbocycles. The summed E-state index contributed by atoms with van der Waals surface area (Å²) in [7, 11) is 4.03. The van der Waals surface area contributed by atoms with E-state index in [1.807, 2.05) is 37.2 Å². The summed E-state index contributed by atoms with van der Waals surface area (Å²) in [6.07, 6.45) is 11.3. The maximum absolute atomic E-state index is 6.23. The SMILES string of the molecule is CC1C=Cc2nc(/C=C/c3nc(Cl)cc(N4CCCC4)n3)nc(N(C)C)c2C1. The fourth-order valence-electron chi connectivity index (χ4n) is 3.68. The van der Waals surface area contributed by atoms with Gasteiger partial charge in [0.15, 0.2) is 11.6 Å². The van der Waals surface area contributed by atoms with Gasteiger partial charge in [-0.3, -0.25) is 0 Å². The molecule has 0 bridgehead atoms. The molecule has 28 heavy (non-hydrogen) atoms. The second-order valence-corrected chi connectivity index (χ2v) is 8.03. The fourth-order valence-corrected chi connectivity index (χ4v) is 3.87. The van der Waals surface area contributed by atoms with Crippen molar-refractivity contribution in [1.29, 1.82) is 0 Å². The third-order valence-electron chi connectivity index (χ3n) is 5.08. The molecule has 1 saturated heterocycles. The van der Waals surface area contributed by atoms with Gasteiger partial charge < -0.3 is 9.80 Å². The summed E-state index contributed by atoms with van der Waals surface area (Å²) < 4.78 is 0. The smallest absolute Gasteiger partial charge is 0.156 e. The summed E-state index contributed by atoms with van der Waals surface area (Å²) in [5.41, 5.74) is 2.19. The Morgan fingerprint density at radius 3 is 2.50 bits per heavy atom. The number of hydrogen-bond donors (Lipinski definition) is 0. The van der Waals surface area contributed by atoms with Crippen molar-refractivity contribution in [1.82, 2.24) is 19.9 Å². The van der Waals surface area contributed by atoms with Gasteiger partial charge in [0.2, 0.25) is 0 Å². The zero-order chi connectivity index (χ0) is 19.7. The third kappa shape index (κ3) is 4.02. The van der Waals surface area contributed by atoms with Crippen LogP contribution in [0.2, 0.25) is 5.15 Å². The second-order valence-electron chi connectivity index (χ2n) is 7.64. The number of anilines is 2. The van der Waals surface area contributed by atoms with Crippen LogP contribution >= 0.6 is 11.6 Å². The van der Waals surface area contributed by atoms with Crippen molar-refractivity contribution < 1.29 is 0 Å². The molecule has 2 aromatic heterocycles. The van der Waals surface area contributed by atoms with Crippen molar-refractivity contribution in [2.45, 2.75) is 26.2 Å². The van der Waals surface area contributed by atoms with E-state index in [0.717, 1.165) is 36.8 Å². The highest BCUT2D eigenvalue weighted by Crippen LogP contribution is 2.28. The summed E-state index contributed by atoms with van der Waals surface area (Å²) in [5.74, 6) is 3.57. The molecular weight excluding hydrogens is 372 g/mol. The molecule has 0 saturated carbocycles. The van der Waals surface area contributed by atoms with Gasteiger partial charge in [0.1, 0.15) is 16.8 Å². The predicted molar refractivity (Wildman–Crippen MR) is 116 cm³/mol. The lowest BCUT2D eigenvalue weighted by molar-refractivity contribution is 0.706. The summed E-state index contributed by atoms with van der Waals surface area (Å²) >= 11 is 6.23. The van der Waals surface area contributed by atoms with Crippen LogP contribution in [0.25, 0.3) is 18.2 Å². The topological polar surface area (TPSA) is 58.0 Å². The highest BCUT2D eigenvalue weighted by atomic mass is 35.5. The van der Waals surface area contributed by atoms with Gasteiger partial charge in [-0.25, -0.2) is 19.9 Å². The molecule has 0 aromatic carbocycles. The molecule has 2 aliphatic rings. The van der Waals surface area contributed by atoms with E-state index in [-0.39, 0.29) is 0 Å². The normalized spacial score (nSPS) is 18.7. The maximum Gasteiger partial charge on any atom is 0.156 e. The first-order valence-electron chi connectivity index (χ1n) is 9.73. The minimum Gasteiger partial charge on any atom is -0.362 e. The van der Waals surface area contributed by atoms with Crippen molar-refractivity contribution in [3.8, 4) is 0 Å². The van der Waals surface area contributed by atoms with Crippen molar-refractivity contribution in [2.75, 3.05) is 37.0 Å². The van der Waals surface area contributed by atoms with Crippen LogP contribution in [-0.2, 0) is 6.42 Å². The number of fused-ring (bicyclic) bond motifs is 1. The molecule has 4 rings (SSSR count). The van der Waals surface area contributed by atoms with E-state index in [1.165, 1.54) is 18.4 Å². The van der Waals surface area contributed by atoms with E-state index in [9.17, 15) is 0 Å². The van der Waals surface area contributed by atoms with E-state index in [0.29, 0.717) is 22.7 Å². The van der Waals surface area contributed by atoms with E-state index < -0.39 is 0 Å². The first-order valence-corrected chi connectivity index (χ1v) is 10.1. The fraction of sp³-hybridized carbons (Fsp3) is 0.429. The molecule has 3 heterocycles. The van der Waals surface area contributed by atoms with Crippen LogP contribution in [0.4, 0.5) is 11.6 Å². The van der Waals surface area contributed by atoms with Gasteiger partial charge in [0, 0.05) is 38.8 Å². The lowest BCUT2D eigenvalue weighted by atomic mass is 9.94. The van der Waals surface area contributed by atoms with Crippen LogP contribution < -0.4 is 9.80 Å². The van der Waals surface area contributed by atoms with Crippen LogP contribution in [0.1, 0.15) is 42.7 Å². The molecular formula is C21H25ClN6. The quantitative estimate of drug-likeness (QED) is 0.729. The third-order valence-corrected chi connectivity index (χ3v) is 5.27. The van der Waals surface area contributed by atoms with E-state index >= 15 is 0 Å². The average molecular weight is 397 g/mol. The zero-order valence-electron chi connectivity index (χ0n) is 16.6. The van der Waals surface area contributed by atoms with Crippen LogP contribution in [-0.4, -0.2) is 47.1 Å². The molecule has 1 atom stereocenters. The van der Waals surface area contributed by atoms with Gasteiger partial charge in [-0.1, -0.05) is 24.6 Å². The Morgan fingerprint density at radius 2 is 1.79 bits per heavy atom. The first kappa shape index (κ1) is 18.9. The Hall–Kier alpha value is -2.47. The molecule has 7 heteroatoms. The summed E-state index contributed by atoms with van der Waals surface area (Å²) in [5, 5.41) is 0.453. The standard InChI is InChI=1S/C21H25ClN6/c1-14-6-7-16-15(12-14)21(27(2)3)26-18(23-16)8-9-19-24-17(22)13-20(25-19)28-10-4-5-11-28/h6-9,13-14H,4-5,10-12H2,1-3H3/b9-8+. The molecule has 6 nitrogen and oxygen atoms in total. The monoisotopic (exact) mass is 396 g/mol. The van der Waals surface area contributed by atoms with Crippen molar-refractivity contribution >= 4 is 41.5 Å². The Balaban J connectivity index is 1.65. The van der Waals surface area contributed by atoms with Crippen molar-refractivity contribution in [2.24, 2.45) is 5.92 Å². The number of hydrogen-bond acceptors (Lipinski definition) is 6. The highest BCUT2D eigenvalue weighted by Gasteiger charge is 2.19. The molecule has 0 N–H and O–H groups in total. The molecule has 1 unspecified atom stereocenters. The van der Waals surface area contributed by atoms with Gasteiger partial charge in [-0.15, -0.1) is 0 Å². The molecule has 0 amide bonds. The number of nitrogens with zero attached hydrogens (tertiary/aromatic N) is 6. The van der Waals surface area contributed by atoms with Crippen molar-refractivity contribution in [3.63, 3.8) is 0 Å². The van der Waals surface area contributed by atoms with Crippen LogP contribution in [0.3, 0.4) is 0 Å². The number of halogens is 1. The Labute approximate surface area is 171 Å². The lowest BCUT2D eigenvalue weighted by Crippen LogP contribution is -2.19. The molecule has 0 radical (unpaired) electrons. The largest absolute Gasteiger partial charge is 0.362 e. The molecule has 146 valence electrons. The second kappa shape index (κ2) is 7.87. The average Bonchev–Trinajstić information content (AvgIpc) is 3.20. The zero-order valence-corrected chi connectivity index (χ0v) is 17.3. The van der Waals surface area contributed by atoms with Gasteiger partial charge in [0.05, 0.1) is 5.69 Å². The maximum atomic E-state index is 6.23. The highest BCUT2D eigenvalue weighted by molar-refractivity contribution is 6.29. The lowest BCUT2D eigenvalue weighted by Gasteiger charge is -2.22. The predicted octanol–water partition coefficient (Wildman–Crippen LogP) is 3.96. The molecule has 1 aliphatic heterocycles. The summed E-state index contributed by atoms with van der Waals surface area (Å²) in [6.45, 7) is 4.24. The number of allylic oxidation sites excluding steroid dienone is 1. The minimum absolute atomic E-state index is 0.453. The van der Waals surface area contributed by atoms with Crippen LogP contribution in [0, 0.1) is 5.92 Å². The molecule has 1 fully saturated rings. The minimum atomic E-state index is 0.453. The molecule has 2 aromatic rings. The summed E-state index contributed by atoms with van der Waals surface area (Å²) in [4.78, 5) is 22.7. The van der Waals surface area contributed by atoms with Gasteiger partial charge in [-0.05, 0) is 43.4 Å².